The molecule has 1 spiro atoms. The number of hydrogen-bond donors (Lipinski definition) is 1. The lowest BCUT2D eigenvalue weighted by Crippen LogP contribution is -2.54. The van der Waals surface area contributed by atoms with Gasteiger partial charge in [0.15, 0.2) is 5.78 Å². The number of urea groups is 1. The van der Waals surface area contributed by atoms with Crippen LogP contribution in [0.25, 0.3) is 0 Å². The minimum Gasteiger partial charge on any atom is -0.351 e. The molecule has 0 bridgehead atoms. The van der Waals surface area contributed by atoms with Crippen molar-refractivity contribution in [3.8, 4) is 0 Å². The molecule has 1 aromatic heterocycles. The van der Waals surface area contributed by atoms with E-state index in [1.807, 2.05) is 38.5 Å². The zero-order valence-corrected chi connectivity index (χ0v) is 14.8. The van der Waals surface area contributed by atoms with Crippen LogP contribution in [-0.4, -0.2) is 39.3 Å². The fraction of sp³-hybridized carbons (Fsp3) is 0.611. The van der Waals surface area contributed by atoms with E-state index in [0.717, 1.165) is 35.6 Å². The van der Waals surface area contributed by atoms with Gasteiger partial charge < -0.3 is 9.88 Å². The van der Waals surface area contributed by atoms with Gasteiger partial charge in [0, 0.05) is 24.0 Å². The van der Waals surface area contributed by atoms with Gasteiger partial charge in [-0.25, -0.2) is 4.79 Å². The number of imide groups is 1. The molecule has 1 saturated heterocycles. The Morgan fingerprint density at radius 3 is 2.62 bits per heavy atom. The molecular formula is C18H25N3O3. The van der Waals surface area contributed by atoms with Gasteiger partial charge in [0.05, 0.1) is 6.54 Å². The van der Waals surface area contributed by atoms with Gasteiger partial charge in [-0.3, -0.25) is 14.5 Å². The summed E-state index contributed by atoms with van der Waals surface area (Å²) in [7, 11) is 1.90. The molecule has 3 amide bonds. The van der Waals surface area contributed by atoms with E-state index in [9.17, 15) is 14.4 Å². The zero-order valence-electron chi connectivity index (χ0n) is 14.8. The number of carbonyl (C=O) groups excluding carboxylic acids is 3. The van der Waals surface area contributed by atoms with Gasteiger partial charge in [0.1, 0.15) is 5.54 Å². The molecular weight excluding hydrogens is 306 g/mol. The Morgan fingerprint density at radius 2 is 2.04 bits per heavy atom. The smallest absolute Gasteiger partial charge is 0.325 e. The lowest BCUT2D eigenvalue weighted by molar-refractivity contribution is -0.133. The van der Waals surface area contributed by atoms with Crippen molar-refractivity contribution in [3.05, 3.63) is 23.0 Å². The first-order chi connectivity index (χ1) is 11.3. The Morgan fingerprint density at radius 1 is 1.33 bits per heavy atom. The van der Waals surface area contributed by atoms with Gasteiger partial charge >= 0.3 is 6.03 Å². The van der Waals surface area contributed by atoms with E-state index in [4.69, 9.17) is 0 Å². The van der Waals surface area contributed by atoms with Crippen LogP contribution in [0.1, 0.15) is 54.4 Å². The summed E-state index contributed by atoms with van der Waals surface area (Å²) in [6.07, 6.45) is 3.58. The minimum absolute atomic E-state index is 0.100. The van der Waals surface area contributed by atoms with Gasteiger partial charge in [-0.1, -0.05) is 19.8 Å². The van der Waals surface area contributed by atoms with Crippen molar-refractivity contribution >= 4 is 17.7 Å². The summed E-state index contributed by atoms with van der Waals surface area (Å²) in [5.74, 6) is -0.331. The predicted molar refractivity (Wildman–Crippen MR) is 89.8 cm³/mol. The summed E-state index contributed by atoms with van der Waals surface area (Å²) < 4.78 is 1.93. The van der Waals surface area contributed by atoms with Crippen LogP contribution in [0.2, 0.25) is 0 Å². The van der Waals surface area contributed by atoms with Crippen LogP contribution >= 0.6 is 0 Å². The van der Waals surface area contributed by atoms with Gasteiger partial charge in [0.25, 0.3) is 5.91 Å². The molecule has 3 rings (SSSR count). The molecule has 130 valence electrons. The van der Waals surface area contributed by atoms with E-state index in [1.165, 1.54) is 0 Å². The Balaban J connectivity index is 1.82. The Labute approximate surface area is 142 Å². The third-order valence-electron chi connectivity index (χ3n) is 5.88. The first kappa shape index (κ1) is 16.7. The van der Waals surface area contributed by atoms with Gasteiger partial charge in [-0.05, 0) is 38.7 Å². The van der Waals surface area contributed by atoms with E-state index in [0.29, 0.717) is 12.0 Å². The lowest BCUT2D eigenvalue weighted by Gasteiger charge is -2.36. The fourth-order valence-electron chi connectivity index (χ4n) is 4.01. The highest BCUT2D eigenvalue weighted by molar-refractivity contribution is 6.11. The summed E-state index contributed by atoms with van der Waals surface area (Å²) >= 11 is 0. The van der Waals surface area contributed by atoms with Gasteiger partial charge in [-0.15, -0.1) is 0 Å². The van der Waals surface area contributed by atoms with Crippen molar-refractivity contribution < 1.29 is 14.4 Å². The molecule has 1 N–H and O–H groups in total. The molecule has 1 aliphatic carbocycles. The third-order valence-corrected chi connectivity index (χ3v) is 5.88. The largest absolute Gasteiger partial charge is 0.351 e. The van der Waals surface area contributed by atoms with E-state index in [-0.39, 0.29) is 24.2 Å². The second-order valence-electron chi connectivity index (χ2n) is 7.21. The SMILES string of the molecule is Cc1cc(C(=O)CN2C(=O)N[C@]3(CCCC[C@@H]3C)C2=O)c(C)n1C. The zero-order chi connectivity index (χ0) is 17.6. The predicted octanol–water partition coefficient (Wildman–Crippen LogP) is 2.33. The quantitative estimate of drug-likeness (QED) is 0.682. The molecule has 6 nitrogen and oxygen atoms in total. The number of aryl methyl sites for hydroxylation is 1. The molecule has 2 heterocycles. The summed E-state index contributed by atoms with van der Waals surface area (Å²) in [5.41, 5.74) is 1.60. The lowest BCUT2D eigenvalue weighted by atomic mass is 9.73. The highest BCUT2D eigenvalue weighted by Gasteiger charge is 2.55. The number of aromatic nitrogens is 1. The maximum atomic E-state index is 12.9. The van der Waals surface area contributed by atoms with Gasteiger partial charge in [-0.2, -0.15) is 0 Å². The van der Waals surface area contributed by atoms with Crippen LogP contribution in [0.3, 0.4) is 0 Å². The number of nitrogens with one attached hydrogen (secondary N) is 1. The summed E-state index contributed by atoms with van der Waals surface area (Å²) in [6.45, 7) is 5.61. The highest BCUT2D eigenvalue weighted by atomic mass is 16.2. The third kappa shape index (κ3) is 2.36. The molecule has 0 unspecified atom stereocenters. The van der Waals surface area contributed by atoms with E-state index < -0.39 is 11.6 Å². The molecule has 6 heteroatoms. The fourth-order valence-corrected chi connectivity index (χ4v) is 4.01. The number of carbonyl (C=O) groups is 3. The molecule has 1 aliphatic heterocycles. The van der Waals surface area contributed by atoms with E-state index in [2.05, 4.69) is 5.32 Å². The van der Waals surface area contributed by atoms with Crippen LogP contribution in [0.5, 0.6) is 0 Å². The summed E-state index contributed by atoms with van der Waals surface area (Å²) in [6, 6.07) is 1.38. The van der Waals surface area contributed by atoms with Crippen molar-refractivity contribution in [2.24, 2.45) is 13.0 Å². The Kier molecular flexibility index (Phi) is 4.01. The van der Waals surface area contributed by atoms with Crippen molar-refractivity contribution in [1.82, 2.24) is 14.8 Å². The average molecular weight is 331 g/mol. The monoisotopic (exact) mass is 331 g/mol. The van der Waals surface area contributed by atoms with Crippen molar-refractivity contribution in [2.75, 3.05) is 6.54 Å². The molecule has 0 aromatic carbocycles. The van der Waals surface area contributed by atoms with E-state index in [1.54, 1.807) is 0 Å². The standard InChI is InChI=1S/C18H25N3O3/c1-11-7-5-6-8-18(11)16(23)21(17(24)19-18)10-15(22)14-9-12(2)20(4)13(14)3/h9,11H,5-8,10H2,1-4H3,(H,19,24)/t11-,18-/m0/s1. The maximum Gasteiger partial charge on any atom is 0.325 e. The number of nitrogens with zero attached hydrogens (tertiary/aromatic N) is 2. The molecule has 2 fully saturated rings. The molecule has 24 heavy (non-hydrogen) atoms. The molecule has 1 saturated carbocycles. The van der Waals surface area contributed by atoms with E-state index >= 15 is 0 Å². The summed E-state index contributed by atoms with van der Waals surface area (Å²) in [5, 5.41) is 2.89. The van der Waals surface area contributed by atoms with Crippen molar-refractivity contribution in [1.29, 1.82) is 0 Å². The first-order valence-electron chi connectivity index (χ1n) is 8.58. The average Bonchev–Trinajstić information content (AvgIpc) is 2.93. The molecule has 0 radical (unpaired) electrons. The van der Waals surface area contributed by atoms with Crippen LogP contribution in [-0.2, 0) is 11.8 Å². The first-order valence-corrected chi connectivity index (χ1v) is 8.58. The Hall–Kier alpha value is -2.11. The topological polar surface area (TPSA) is 71.4 Å². The number of amides is 3. The van der Waals surface area contributed by atoms with Crippen molar-refractivity contribution in [3.63, 3.8) is 0 Å². The van der Waals surface area contributed by atoms with Crippen LogP contribution < -0.4 is 5.32 Å². The van der Waals surface area contributed by atoms with Crippen LogP contribution in [0, 0.1) is 19.8 Å². The Bertz CT molecular complexity index is 721. The number of Topliss-reactive ketones (excluding diaryl/α,β-unsaturated/α-hetero) is 1. The number of rotatable bonds is 3. The molecule has 1 aromatic rings. The normalized spacial score (nSPS) is 27.0. The van der Waals surface area contributed by atoms with Crippen LogP contribution in [0.4, 0.5) is 4.79 Å². The second-order valence-corrected chi connectivity index (χ2v) is 7.21. The maximum absolute atomic E-state index is 12.9. The van der Waals surface area contributed by atoms with Crippen LogP contribution in [0.15, 0.2) is 6.07 Å². The number of ketones is 1. The summed E-state index contributed by atoms with van der Waals surface area (Å²) in [4.78, 5) is 39.0. The molecule has 2 aliphatic rings. The minimum atomic E-state index is -0.808. The second kappa shape index (κ2) is 5.76. The molecule has 2 atom stereocenters. The number of hydrogen-bond acceptors (Lipinski definition) is 3. The van der Waals surface area contributed by atoms with Crippen molar-refractivity contribution in [2.45, 2.75) is 52.0 Å². The highest BCUT2D eigenvalue weighted by Crippen LogP contribution is 2.38. The van der Waals surface area contributed by atoms with Gasteiger partial charge in [0.2, 0.25) is 0 Å².